The first-order chi connectivity index (χ1) is 10.5. The van der Waals surface area contributed by atoms with Gasteiger partial charge in [-0.1, -0.05) is 31.3 Å². The van der Waals surface area contributed by atoms with Crippen molar-refractivity contribution in [2.45, 2.75) is 43.6 Å². The number of ether oxygens (including phenoxy) is 1. The van der Waals surface area contributed by atoms with Gasteiger partial charge in [-0.3, -0.25) is 0 Å². The summed E-state index contributed by atoms with van der Waals surface area (Å²) in [6.07, 6.45) is 3.84. The predicted molar refractivity (Wildman–Crippen MR) is 82.1 cm³/mol. The smallest absolute Gasteiger partial charge is 0.310 e. The summed E-state index contributed by atoms with van der Waals surface area (Å²) in [5, 5.41) is 0. The number of hydrogen-bond donors (Lipinski definition) is 0. The average molecular weight is 354 g/mol. The fourth-order valence-corrected chi connectivity index (χ4v) is 3.24. The van der Waals surface area contributed by atoms with E-state index in [0.29, 0.717) is 24.3 Å². The molecule has 0 radical (unpaired) electrons. The summed E-state index contributed by atoms with van der Waals surface area (Å²) >= 11 is 0. The van der Waals surface area contributed by atoms with Gasteiger partial charge < -0.3 is 4.74 Å². The predicted octanol–water partition coefficient (Wildman–Crippen LogP) is 6.29. The van der Waals surface area contributed by atoms with Crippen molar-refractivity contribution in [1.29, 1.82) is 0 Å². The Hall–Kier alpha value is -1.26. The third-order valence-corrected chi connectivity index (χ3v) is 4.96. The highest BCUT2D eigenvalue weighted by Crippen LogP contribution is 3.02. The Morgan fingerprint density at radius 3 is 2.04 bits per heavy atom. The summed E-state index contributed by atoms with van der Waals surface area (Å²) in [5.74, 6) is 5.96. The summed E-state index contributed by atoms with van der Waals surface area (Å²) in [6, 6.07) is 2.78. The van der Waals surface area contributed by atoms with Gasteiger partial charge >= 0.3 is 10.2 Å². The van der Waals surface area contributed by atoms with E-state index in [4.69, 9.17) is 4.74 Å². The number of rotatable bonds is 3. The van der Waals surface area contributed by atoms with Gasteiger partial charge in [-0.15, -0.1) is 0 Å². The molecule has 1 aromatic carbocycles. The van der Waals surface area contributed by atoms with Crippen LogP contribution in [0.15, 0.2) is 29.2 Å². The maximum atomic E-state index is 12.6. The molecule has 0 saturated heterocycles. The lowest BCUT2D eigenvalue weighted by molar-refractivity contribution is 0.0310. The van der Waals surface area contributed by atoms with Crippen molar-refractivity contribution in [3.8, 4) is 11.8 Å². The quantitative estimate of drug-likeness (QED) is 0.458. The molecule has 7 heteroatoms. The van der Waals surface area contributed by atoms with Crippen LogP contribution in [0.5, 0.6) is 0 Å². The van der Waals surface area contributed by atoms with Crippen LogP contribution in [0.25, 0.3) is 0 Å². The Balaban J connectivity index is 2.01. The lowest BCUT2D eigenvalue weighted by atomic mass is 9.87. The van der Waals surface area contributed by atoms with Gasteiger partial charge in [0.25, 0.3) is 0 Å². The molecule has 0 aromatic heterocycles. The minimum Gasteiger partial charge on any atom is -0.379 e. The molecule has 23 heavy (non-hydrogen) atoms. The van der Waals surface area contributed by atoms with Gasteiger partial charge in [-0.25, -0.2) is 0 Å². The molecule has 0 heterocycles. The van der Waals surface area contributed by atoms with Gasteiger partial charge in [-0.2, -0.15) is 0 Å². The average Bonchev–Trinajstić information content (AvgIpc) is 2.45. The van der Waals surface area contributed by atoms with Gasteiger partial charge in [0, 0.05) is 18.1 Å². The van der Waals surface area contributed by atoms with Gasteiger partial charge in [-0.05, 0) is 56.9 Å². The normalized spacial score (nSPS) is 25.0. The van der Waals surface area contributed by atoms with Crippen LogP contribution < -0.4 is 0 Å². The standard InChI is InChI=1S/C16H19F5OS/c1-2-22-15-9-5-13(6-10-15)3-4-14-7-11-16(12-8-14)23(17,18,19,20)21/h7-8,11-13,15H,2,5-6,9-10H2,1H3/t13-,15-. The summed E-state index contributed by atoms with van der Waals surface area (Å²) in [5.41, 5.74) is 0.308. The molecule has 130 valence electrons. The molecule has 0 spiro atoms. The minimum atomic E-state index is -9.59. The zero-order valence-electron chi connectivity index (χ0n) is 12.7. The van der Waals surface area contributed by atoms with Crippen molar-refractivity contribution >= 4 is 10.2 Å². The molecule has 1 fully saturated rings. The highest BCUT2D eigenvalue weighted by atomic mass is 32.5. The van der Waals surface area contributed by atoms with Crippen LogP contribution in [-0.4, -0.2) is 12.7 Å². The van der Waals surface area contributed by atoms with Crippen LogP contribution in [-0.2, 0) is 4.74 Å². The van der Waals surface area contributed by atoms with Gasteiger partial charge in [0.05, 0.1) is 6.10 Å². The molecule has 0 amide bonds. The summed E-state index contributed by atoms with van der Waals surface area (Å²) in [4.78, 5) is -1.88. The second-order valence-corrected chi connectivity index (χ2v) is 8.10. The highest BCUT2D eigenvalue weighted by molar-refractivity contribution is 8.45. The molecule has 2 rings (SSSR count). The van der Waals surface area contributed by atoms with Gasteiger partial charge in [0.15, 0.2) is 0 Å². The molecule has 1 aliphatic carbocycles. The van der Waals surface area contributed by atoms with Crippen LogP contribution >= 0.6 is 10.2 Å². The Kier molecular flexibility index (Phi) is 4.46. The molecule has 0 atom stereocenters. The Labute approximate surface area is 132 Å². The second kappa shape index (κ2) is 5.67. The molecule has 1 nitrogen and oxygen atoms in total. The number of halogens is 5. The first kappa shape index (κ1) is 18.1. The number of hydrogen-bond acceptors (Lipinski definition) is 1. The fourth-order valence-electron chi connectivity index (χ4n) is 2.59. The zero-order chi connectivity index (χ0) is 17.2. The highest BCUT2D eigenvalue weighted by Gasteiger charge is 2.65. The van der Waals surface area contributed by atoms with Crippen LogP contribution in [0.1, 0.15) is 38.2 Å². The topological polar surface area (TPSA) is 9.23 Å². The van der Waals surface area contributed by atoms with Crippen molar-refractivity contribution in [3.05, 3.63) is 29.8 Å². The van der Waals surface area contributed by atoms with Crippen molar-refractivity contribution in [1.82, 2.24) is 0 Å². The molecule has 1 aromatic rings. The van der Waals surface area contributed by atoms with E-state index in [1.54, 1.807) is 0 Å². The Morgan fingerprint density at radius 2 is 1.57 bits per heavy atom. The van der Waals surface area contributed by atoms with E-state index in [1.807, 2.05) is 6.92 Å². The molecule has 1 saturated carbocycles. The van der Waals surface area contributed by atoms with Crippen molar-refractivity contribution in [2.75, 3.05) is 6.61 Å². The summed E-state index contributed by atoms with van der Waals surface area (Å²) in [7, 11) is -9.59. The van der Waals surface area contributed by atoms with Crippen molar-refractivity contribution in [2.24, 2.45) is 5.92 Å². The van der Waals surface area contributed by atoms with E-state index in [2.05, 4.69) is 11.8 Å². The van der Waals surface area contributed by atoms with E-state index in [-0.39, 0.29) is 12.0 Å². The lowest BCUT2D eigenvalue weighted by Crippen LogP contribution is -2.20. The second-order valence-electron chi connectivity index (χ2n) is 5.69. The largest absolute Gasteiger partial charge is 0.379 e. The number of benzene rings is 1. The van der Waals surface area contributed by atoms with Gasteiger partial charge in [0.1, 0.15) is 4.90 Å². The van der Waals surface area contributed by atoms with Crippen LogP contribution in [0.2, 0.25) is 0 Å². The SMILES string of the molecule is CCO[C@H]1CC[C@H](C#Cc2ccc(S(F)(F)(F)(F)F)cc2)CC1. The molecule has 0 N–H and O–H groups in total. The lowest BCUT2D eigenvalue weighted by Gasteiger charge is -2.40. The third-order valence-electron chi connectivity index (χ3n) is 3.80. The first-order valence-electron chi connectivity index (χ1n) is 7.45. The molecular formula is C16H19F5OS. The van der Waals surface area contributed by atoms with E-state index in [9.17, 15) is 19.4 Å². The zero-order valence-corrected chi connectivity index (χ0v) is 13.5. The Morgan fingerprint density at radius 1 is 1.00 bits per heavy atom. The molecule has 0 aliphatic heterocycles. The Bertz CT molecular complexity index is 604. The summed E-state index contributed by atoms with van der Waals surface area (Å²) < 4.78 is 68.6. The minimum absolute atomic E-state index is 0.169. The summed E-state index contributed by atoms with van der Waals surface area (Å²) in [6.45, 7) is 2.63. The fraction of sp³-hybridized carbons (Fsp3) is 0.500. The molecular weight excluding hydrogens is 335 g/mol. The van der Waals surface area contributed by atoms with Gasteiger partial charge in [0.2, 0.25) is 0 Å². The van der Waals surface area contributed by atoms with E-state index in [0.717, 1.165) is 37.8 Å². The monoisotopic (exact) mass is 354 g/mol. The molecule has 1 aliphatic rings. The van der Waals surface area contributed by atoms with Crippen LogP contribution in [0, 0.1) is 17.8 Å². The van der Waals surface area contributed by atoms with Crippen molar-refractivity contribution in [3.63, 3.8) is 0 Å². The molecule has 0 bridgehead atoms. The van der Waals surface area contributed by atoms with Crippen LogP contribution in [0.4, 0.5) is 19.4 Å². The van der Waals surface area contributed by atoms with E-state index >= 15 is 0 Å². The third kappa shape index (κ3) is 5.40. The first-order valence-corrected chi connectivity index (χ1v) is 9.40. The van der Waals surface area contributed by atoms with E-state index < -0.39 is 15.1 Å². The maximum absolute atomic E-state index is 12.6. The van der Waals surface area contributed by atoms with E-state index in [1.165, 1.54) is 0 Å². The molecule has 0 unspecified atom stereocenters. The van der Waals surface area contributed by atoms with Crippen LogP contribution in [0.3, 0.4) is 0 Å². The maximum Gasteiger partial charge on any atom is 0.310 e. The van der Waals surface area contributed by atoms with Crippen molar-refractivity contribution < 1.29 is 24.2 Å².